The Morgan fingerprint density at radius 2 is 1.74 bits per heavy atom. The van der Waals surface area contributed by atoms with E-state index in [4.69, 9.17) is 9.47 Å². The van der Waals surface area contributed by atoms with Crippen molar-refractivity contribution in [3.05, 3.63) is 50.9 Å². The summed E-state index contributed by atoms with van der Waals surface area (Å²) in [4.78, 5) is 39.5. The standard InChI is InChI=1S/C21H25N3O6S/c1-3-4-13-30-16-6-5-15(14-17(16)29-2)20(25)22-9-11-23(12-10-22)21(26)18-7-8-19(31-18)24(27)28/h5-8,14H,3-4,9-13H2,1-2H3. The molecule has 0 radical (unpaired) electrons. The molecule has 1 saturated heterocycles. The maximum atomic E-state index is 12.9. The van der Waals surface area contributed by atoms with Crippen molar-refractivity contribution in [2.45, 2.75) is 19.8 Å². The van der Waals surface area contributed by atoms with Crippen LogP contribution in [0.25, 0.3) is 0 Å². The number of piperazine rings is 1. The van der Waals surface area contributed by atoms with Crippen molar-refractivity contribution in [1.29, 1.82) is 0 Å². The molecule has 166 valence electrons. The molecular formula is C21H25N3O6S. The number of unbranched alkanes of at least 4 members (excludes halogenated alkanes) is 1. The lowest BCUT2D eigenvalue weighted by Crippen LogP contribution is -2.50. The van der Waals surface area contributed by atoms with Crippen LogP contribution in [-0.4, -0.2) is 66.4 Å². The molecule has 2 heterocycles. The van der Waals surface area contributed by atoms with Crippen molar-refractivity contribution in [2.75, 3.05) is 39.9 Å². The van der Waals surface area contributed by atoms with E-state index < -0.39 is 4.92 Å². The van der Waals surface area contributed by atoms with Crippen molar-refractivity contribution in [2.24, 2.45) is 0 Å². The van der Waals surface area contributed by atoms with Crippen molar-refractivity contribution in [1.82, 2.24) is 9.80 Å². The number of carbonyl (C=O) groups is 2. The number of nitrogens with zero attached hydrogens (tertiary/aromatic N) is 3. The van der Waals surface area contributed by atoms with Gasteiger partial charge in [-0.3, -0.25) is 19.7 Å². The number of thiophene rings is 1. The molecule has 0 N–H and O–H groups in total. The van der Waals surface area contributed by atoms with Crippen LogP contribution in [0.15, 0.2) is 30.3 Å². The predicted octanol–water partition coefficient (Wildman–Crippen LogP) is 3.44. The van der Waals surface area contributed by atoms with Crippen LogP contribution in [0, 0.1) is 10.1 Å². The fourth-order valence-corrected chi connectivity index (χ4v) is 4.03. The van der Waals surface area contributed by atoms with E-state index in [0.29, 0.717) is 54.7 Å². The number of hydrogen-bond acceptors (Lipinski definition) is 7. The average Bonchev–Trinajstić information content (AvgIpc) is 3.29. The normalized spacial score (nSPS) is 13.7. The molecule has 1 aromatic carbocycles. The number of rotatable bonds is 8. The van der Waals surface area contributed by atoms with Gasteiger partial charge in [0.1, 0.15) is 0 Å². The second-order valence-electron chi connectivity index (χ2n) is 7.05. The first-order valence-electron chi connectivity index (χ1n) is 10.1. The molecule has 1 fully saturated rings. The van der Waals surface area contributed by atoms with Gasteiger partial charge in [0, 0.05) is 37.8 Å². The molecule has 2 amide bonds. The van der Waals surface area contributed by atoms with Crippen molar-refractivity contribution < 1.29 is 24.0 Å². The monoisotopic (exact) mass is 447 g/mol. The van der Waals surface area contributed by atoms with Crippen molar-refractivity contribution >= 4 is 28.2 Å². The lowest BCUT2D eigenvalue weighted by molar-refractivity contribution is -0.380. The summed E-state index contributed by atoms with van der Waals surface area (Å²) in [5.41, 5.74) is 0.494. The van der Waals surface area contributed by atoms with E-state index in [1.54, 1.807) is 28.0 Å². The van der Waals surface area contributed by atoms with Crippen LogP contribution < -0.4 is 9.47 Å². The third kappa shape index (κ3) is 5.32. The summed E-state index contributed by atoms with van der Waals surface area (Å²) in [6.07, 6.45) is 1.96. The van der Waals surface area contributed by atoms with E-state index in [-0.39, 0.29) is 16.8 Å². The van der Waals surface area contributed by atoms with Gasteiger partial charge in [0.25, 0.3) is 11.8 Å². The quantitative estimate of drug-likeness (QED) is 0.349. The molecular weight excluding hydrogens is 422 g/mol. The molecule has 2 aromatic rings. The summed E-state index contributed by atoms with van der Waals surface area (Å²) < 4.78 is 11.1. The lowest BCUT2D eigenvalue weighted by atomic mass is 10.1. The van der Waals surface area contributed by atoms with E-state index in [2.05, 4.69) is 6.92 Å². The Kier molecular flexibility index (Phi) is 7.45. The van der Waals surface area contributed by atoms with E-state index in [0.717, 1.165) is 24.2 Å². The number of benzene rings is 1. The molecule has 3 rings (SSSR count). The van der Waals surface area contributed by atoms with Crippen molar-refractivity contribution in [3.63, 3.8) is 0 Å². The zero-order chi connectivity index (χ0) is 22.4. The molecule has 0 bridgehead atoms. The highest BCUT2D eigenvalue weighted by Gasteiger charge is 2.27. The smallest absolute Gasteiger partial charge is 0.324 e. The Morgan fingerprint density at radius 1 is 1.06 bits per heavy atom. The van der Waals surface area contributed by atoms with Gasteiger partial charge < -0.3 is 19.3 Å². The Morgan fingerprint density at radius 3 is 2.32 bits per heavy atom. The second-order valence-corrected chi connectivity index (χ2v) is 8.11. The Labute approximate surface area is 184 Å². The number of nitro groups is 1. The first-order chi connectivity index (χ1) is 14.9. The zero-order valence-electron chi connectivity index (χ0n) is 17.5. The van der Waals surface area contributed by atoms with Crippen LogP contribution in [0.5, 0.6) is 11.5 Å². The Bertz CT molecular complexity index is 952. The number of methoxy groups -OCH3 is 1. The van der Waals surface area contributed by atoms with Gasteiger partial charge in [0.05, 0.1) is 23.5 Å². The van der Waals surface area contributed by atoms with Crippen LogP contribution in [0.4, 0.5) is 5.00 Å². The molecule has 1 aliphatic heterocycles. The summed E-state index contributed by atoms with van der Waals surface area (Å²) in [6.45, 7) is 4.17. The highest BCUT2D eigenvalue weighted by molar-refractivity contribution is 7.17. The minimum absolute atomic E-state index is 0.0618. The SMILES string of the molecule is CCCCOc1ccc(C(=O)N2CCN(C(=O)c3ccc([N+](=O)[O-])s3)CC2)cc1OC. The van der Waals surface area contributed by atoms with Gasteiger partial charge >= 0.3 is 5.00 Å². The molecule has 0 spiro atoms. The van der Waals surface area contributed by atoms with E-state index >= 15 is 0 Å². The topological polar surface area (TPSA) is 102 Å². The molecule has 0 unspecified atom stereocenters. The fraction of sp³-hybridized carbons (Fsp3) is 0.429. The molecule has 1 aromatic heterocycles. The van der Waals surface area contributed by atoms with Crippen LogP contribution in [0.2, 0.25) is 0 Å². The first-order valence-corrected chi connectivity index (χ1v) is 10.9. The minimum Gasteiger partial charge on any atom is -0.493 e. The highest BCUT2D eigenvalue weighted by Crippen LogP contribution is 2.29. The summed E-state index contributed by atoms with van der Waals surface area (Å²) in [6, 6.07) is 7.94. The van der Waals surface area contributed by atoms with E-state index in [9.17, 15) is 19.7 Å². The minimum atomic E-state index is -0.507. The molecule has 10 heteroatoms. The summed E-state index contributed by atoms with van der Waals surface area (Å²) in [5, 5.41) is 10.8. The predicted molar refractivity (Wildman–Crippen MR) is 116 cm³/mol. The summed E-state index contributed by atoms with van der Waals surface area (Å²) >= 11 is 0.862. The average molecular weight is 448 g/mol. The molecule has 9 nitrogen and oxygen atoms in total. The Balaban J connectivity index is 1.60. The number of hydrogen-bond donors (Lipinski definition) is 0. The van der Waals surface area contributed by atoms with E-state index in [1.165, 1.54) is 19.2 Å². The lowest BCUT2D eigenvalue weighted by Gasteiger charge is -2.34. The fourth-order valence-electron chi connectivity index (χ4n) is 3.24. The van der Waals surface area contributed by atoms with Crippen LogP contribution in [-0.2, 0) is 0 Å². The summed E-state index contributed by atoms with van der Waals surface area (Å²) in [5.74, 6) is 0.723. The number of carbonyl (C=O) groups excluding carboxylic acids is 2. The van der Waals surface area contributed by atoms with E-state index in [1.807, 2.05) is 0 Å². The maximum Gasteiger partial charge on any atom is 0.324 e. The third-order valence-electron chi connectivity index (χ3n) is 5.00. The van der Waals surface area contributed by atoms with Gasteiger partial charge in [-0.05, 0) is 30.7 Å². The van der Waals surface area contributed by atoms with Crippen LogP contribution in [0.1, 0.15) is 39.8 Å². The second kappa shape index (κ2) is 10.3. The van der Waals surface area contributed by atoms with Gasteiger partial charge in [-0.1, -0.05) is 24.7 Å². The summed E-state index contributed by atoms with van der Waals surface area (Å²) in [7, 11) is 1.54. The van der Waals surface area contributed by atoms with Crippen molar-refractivity contribution in [3.8, 4) is 11.5 Å². The highest BCUT2D eigenvalue weighted by atomic mass is 32.1. The van der Waals surface area contributed by atoms with Gasteiger partial charge in [-0.15, -0.1) is 0 Å². The molecule has 0 atom stereocenters. The molecule has 0 saturated carbocycles. The van der Waals surface area contributed by atoms with Gasteiger partial charge in [-0.25, -0.2) is 0 Å². The van der Waals surface area contributed by atoms with Crippen LogP contribution >= 0.6 is 11.3 Å². The largest absolute Gasteiger partial charge is 0.493 e. The first kappa shape index (κ1) is 22.5. The maximum absolute atomic E-state index is 12.9. The molecule has 0 aliphatic carbocycles. The molecule has 31 heavy (non-hydrogen) atoms. The number of ether oxygens (including phenoxy) is 2. The Hall–Kier alpha value is -3.14. The van der Waals surface area contributed by atoms with Gasteiger partial charge in [0.2, 0.25) is 0 Å². The van der Waals surface area contributed by atoms with Gasteiger partial charge in [-0.2, -0.15) is 0 Å². The van der Waals surface area contributed by atoms with Crippen LogP contribution in [0.3, 0.4) is 0 Å². The zero-order valence-corrected chi connectivity index (χ0v) is 18.4. The number of amides is 2. The third-order valence-corrected chi connectivity index (χ3v) is 6.03. The van der Waals surface area contributed by atoms with Gasteiger partial charge in [0.15, 0.2) is 11.5 Å². The molecule has 1 aliphatic rings.